The largest absolute Gasteiger partial charge is 0.478 e. The van der Waals surface area contributed by atoms with Crippen LogP contribution in [0.2, 0.25) is 0 Å². The molecule has 0 atom stereocenters. The summed E-state index contributed by atoms with van der Waals surface area (Å²) in [7, 11) is 0. The SMILES string of the molecule is Cc1ccc(Nc2nc(Br)cs2)cc1C(=O)O. The molecule has 0 bridgehead atoms. The minimum absolute atomic E-state index is 0.297. The molecule has 0 amide bonds. The number of hydrogen-bond acceptors (Lipinski definition) is 4. The number of carboxylic acids is 1. The smallest absolute Gasteiger partial charge is 0.336 e. The lowest BCUT2D eigenvalue weighted by molar-refractivity contribution is 0.0696. The molecular weight excluding hydrogens is 304 g/mol. The molecule has 2 rings (SSSR count). The molecule has 1 aromatic carbocycles. The molecule has 2 N–H and O–H groups in total. The summed E-state index contributed by atoms with van der Waals surface area (Å²) in [4.78, 5) is 15.2. The predicted molar refractivity (Wildman–Crippen MR) is 71.2 cm³/mol. The van der Waals surface area contributed by atoms with Gasteiger partial charge in [-0.2, -0.15) is 0 Å². The Morgan fingerprint density at radius 2 is 2.29 bits per heavy atom. The molecule has 0 unspecified atom stereocenters. The van der Waals surface area contributed by atoms with Crippen molar-refractivity contribution < 1.29 is 9.90 Å². The van der Waals surface area contributed by atoms with Gasteiger partial charge < -0.3 is 10.4 Å². The minimum Gasteiger partial charge on any atom is -0.478 e. The van der Waals surface area contributed by atoms with Crippen LogP contribution < -0.4 is 5.32 Å². The van der Waals surface area contributed by atoms with Crippen molar-refractivity contribution in [3.63, 3.8) is 0 Å². The summed E-state index contributed by atoms with van der Waals surface area (Å²) in [5.74, 6) is -0.925. The van der Waals surface area contributed by atoms with Gasteiger partial charge >= 0.3 is 5.97 Å². The van der Waals surface area contributed by atoms with Crippen molar-refractivity contribution in [1.29, 1.82) is 0 Å². The molecule has 4 nitrogen and oxygen atoms in total. The van der Waals surface area contributed by atoms with Gasteiger partial charge in [0.15, 0.2) is 5.13 Å². The van der Waals surface area contributed by atoms with Crippen molar-refractivity contribution in [2.75, 3.05) is 5.32 Å². The fraction of sp³-hybridized carbons (Fsp3) is 0.0909. The molecular formula is C11H9BrN2O2S. The Balaban J connectivity index is 2.28. The number of aryl methyl sites for hydroxylation is 1. The van der Waals surface area contributed by atoms with E-state index in [1.807, 2.05) is 11.4 Å². The Morgan fingerprint density at radius 3 is 2.88 bits per heavy atom. The van der Waals surface area contributed by atoms with Crippen LogP contribution in [0.4, 0.5) is 10.8 Å². The van der Waals surface area contributed by atoms with E-state index in [-0.39, 0.29) is 0 Å². The molecule has 0 saturated heterocycles. The van der Waals surface area contributed by atoms with Crippen LogP contribution in [-0.2, 0) is 0 Å². The van der Waals surface area contributed by atoms with Gasteiger partial charge in [0.25, 0.3) is 0 Å². The highest BCUT2D eigenvalue weighted by atomic mass is 79.9. The van der Waals surface area contributed by atoms with Crippen LogP contribution in [0.15, 0.2) is 28.2 Å². The second-order valence-corrected chi connectivity index (χ2v) is 5.11. The first-order chi connectivity index (χ1) is 8.06. The summed E-state index contributed by atoms with van der Waals surface area (Å²) in [6, 6.07) is 5.21. The average molecular weight is 313 g/mol. The van der Waals surface area contributed by atoms with Crippen molar-refractivity contribution in [3.05, 3.63) is 39.3 Å². The predicted octanol–water partition coefficient (Wildman–Crippen LogP) is 3.66. The van der Waals surface area contributed by atoms with E-state index in [4.69, 9.17) is 5.11 Å². The van der Waals surface area contributed by atoms with E-state index in [0.29, 0.717) is 5.56 Å². The van der Waals surface area contributed by atoms with Crippen LogP contribution in [0, 0.1) is 6.92 Å². The molecule has 88 valence electrons. The molecule has 0 aliphatic carbocycles. The van der Waals surface area contributed by atoms with Gasteiger partial charge in [-0.15, -0.1) is 11.3 Å². The van der Waals surface area contributed by atoms with Crippen molar-refractivity contribution >= 4 is 44.1 Å². The molecule has 0 aliphatic rings. The number of aromatic nitrogens is 1. The maximum absolute atomic E-state index is 11.0. The minimum atomic E-state index is -0.925. The van der Waals surface area contributed by atoms with Gasteiger partial charge in [0.2, 0.25) is 0 Å². The Bertz CT molecular complexity index is 568. The third-order valence-corrected chi connectivity index (χ3v) is 3.66. The molecule has 17 heavy (non-hydrogen) atoms. The molecule has 0 spiro atoms. The first-order valence-corrected chi connectivity index (χ1v) is 6.45. The lowest BCUT2D eigenvalue weighted by Gasteiger charge is -2.06. The summed E-state index contributed by atoms with van der Waals surface area (Å²) >= 11 is 4.71. The van der Waals surface area contributed by atoms with Gasteiger partial charge in [-0.05, 0) is 40.5 Å². The number of anilines is 2. The van der Waals surface area contributed by atoms with Crippen molar-refractivity contribution in [3.8, 4) is 0 Å². The summed E-state index contributed by atoms with van der Waals surface area (Å²) in [6.07, 6.45) is 0. The zero-order valence-corrected chi connectivity index (χ0v) is 11.3. The van der Waals surface area contributed by atoms with E-state index in [2.05, 4.69) is 26.2 Å². The second-order valence-electron chi connectivity index (χ2n) is 3.44. The van der Waals surface area contributed by atoms with Crippen LogP contribution in [0.1, 0.15) is 15.9 Å². The highest BCUT2D eigenvalue weighted by molar-refractivity contribution is 9.10. The first-order valence-electron chi connectivity index (χ1n) is 4.78. The van der Waals surface area contributed by atoms with E-state index in [0.717, 1.165) is 21.0 Å². The highest BCUT2D eigenvalue weighted by Gasteiger charge is 2.08. The molecule has 0 aliphatic heterocycles. The van der Waals surface area contributed by atoms with Gasteiger partial charge in [-0.3, -0.25) is 0 Å². The van der Waals surface area contributed by atoms with Crippen LogP contribution in [0.25, 0.3) is 0 Å². The Kier molecular flexibility index (Phi) is 3.44. The van der Waals surface area contributed by atoms with Gasteiger partial charge in [0.05, 0.1) is 5.56 Å². The molecule has 2 aromatic rings. The number of hydrogen-bond donors (Lipinski definition) is 2. The first kappa shape index (κ1) is 12.1. The number of benzene rings is 1. The number of halogens is 1. The Hall–Kier alpha value is -1.40. The molecule has 6 heteroatoms. The highest BCUT2D eigenvalue weighted by Crippen LogP contribution is 2.24. The lowest BCUT2D eigenvalue weighted by Crippen LogP contribution is -2.01. The van der Waals surface area contributed by atoms with Crippen LogP contribution >= 0.6 is 27.3 Å². The van der Waals surface area contributed by atoms with Gasteiger partial charge in [0.1, 0.15) is 4.60 Å². The summed E-state index contributed by atoms with van der Waals surface area (Å²) < 4.78 is 0.760. The van der Waals surface area contributed by atoms with Crippen molar-refractivity contribution in [1.82, 2.24) is 4.98 Å². The van der Waals surface area contributed by atoms with Gasteiger partial charge in [0, 0.05) is 11.1 Å². The van der Waals surface area contributed by atoms with E-state index >= 15 is 0 Å². The number of aromatic carboxylic acids is 1. The number of nitrogens with zero attached hydrogens (tertiary/aromatic N) is 1. The maximum Gasteiger partial charge on any atom is 0.336 e. The number of carbonyl (C=O) groups is 1. The van der Waals surface area contributed by atoms with Crippen LogP contribution in [-0.4, -0.2) is 16.1 Å². The number of rotatable bonds is 3. The fourth-order valence-corrected chi connectivity index (χ4v) is 2.53. The number of nitrogens with one attached hydrogen (secondary N) is 1. The Morgan fingerprint density at radius 1 is 1.53 bits per heavy atom. The summed E-state index contributed by atoms with van der Waals surface area (Å²) in [5, 5.41) is 14.6. The molecule has 1 heterocycles. The topological polar surface area (TPSA) is 62.2 Å². The van der Waals surface area contributed by atoms with Crippen molar-refractivity contribution in [2.45, 2.75) is 6.92 Å². The normalized spacial score (nSPS) is 10.2. The third kappa shape index (κ3) is 2.83. The van der Waals surface area contributed by atoms with E-state index in [9.17, 15) is 4.79 Å². The Labute approximate surface area is 110 Å². The molecule has 0 fully saturated rings. The summed E-state index contributed by atoms with van der Waals surface area (Å²) in [6.45, 7) is 1.77. The molecule has 0 saturated carbocycles. The monoisotopic (exact) mass is 312 g/mol. The summed E-state index contributed by atoms with van der Waals surface area (Å²) in [5.41, 5.74) is 1.75. The fourth-order valence-electron chi connectivity index (χ4n) is 1.37. The van der Waals surface area contributed by atoms with E-state index < -0.39 is 5.97 Å². The molecule has 1 aromatic heterocycles. The lowest BCUT2D eigenvalue weighted by atomic mass is 10.1. The van der Waals surface area contributed by atoms with Gasteiger partial charge in [-0.25, -0.2) is 9.78 Å². The second kappa shape index (κ2) is 4.85. The zero-order chi connectivity index (χ0) is 12.4. The number of thiazole rings is 1. The molecule has 0 radical (unpaired) electrons. The van der Waals surface area contributed by atoms with Crippen molar-refractivity contribution in [2.24, 2.45) is 0 Å². The third-order valence-electron chi connectivity index (χ3n) is 2.20. The van der Waals surface area contributed by atoms with E-state index in [1.54, 1.807) is 19.1 Å². The van der Waals surface area contributed by atoms with Gasteiger partial charge in [-0.1, -0.05) is 6.07 Å². The quantitative estimate of drug-likeness (QED) is 0.908. The van der Waals surface area contributed by atoms with E-state index in [1.165, 1.54) is 11.3 Å². The average Bonchev–Trinajstić information content (AvgIpc) is 2.66. The maximum atomic E-state index is 11.0. The van der Waals surface area contributed by atoms with Crippen LogP contribution in [0.5, 0.6) is 0 Å². The van der Waals surface area contributed by atoms with Crippen LogP contribution in [0.3, 0.4) is 0 Å². The zero-order valence-electron chi connectivity index (χ0n) is 8.90. The number of carboxylic acid groups (broad SMARTS) is 1. The standard InChI is InChI=1S/C11H9BrN2O2S/c1-6-2-3-7(4-8(6)10(15)16)13-11-14-9(12)5-17-11/h2-5H,1H3,(H,13,14)(H,15,16).